The molecular weight excluding hydrogens is 260 g/mol. The van der Waals surface area contributed by atoms with Crippen LogP contribution in [0.5, 0.6) is 0 Å². The molecule has 0 unspecified atom stereocenters. The van der Waals surface area contributed by atoms with E-state index in [1.807, 2.05) is 13.0 Å². The average molecular weight is 282 g/mol. The van der Waals surface area contributed by atoms with Crippen LogP contribution in [-0.4, -0.2) is 25.4 Å². The molecule has 106 valence electrons. The first kappa shape index (κ1) is 14.5. The first-order valence-electron chi connectivity index (χ1n) is 6.90. The van der Waals surface area contributed by atoms with Crippen LogP contribution in [0, 0.1) is 5.41 Å². The summed E-state index contributed by atoms with van der Waals surface area (Å²) >= 11 is 0. The SMILES string of the molecule is C[C@]1(CCS(=O)(=O)c2ccccc2)CCCC[C@@H]1O. The summed E-state index contributed by atoms with van der Waals surface area (Å²) in [6.07, 6.45) is 4.00. The van der Waals surface area contributed by atoms with Crippen LogP contribution in [0.15, 0.2) is 35.2 Å². The van der Waals surface area contributed by atoms with Gasteiger partial charge in [-0.3, -0.25) is 0 Å². The van der Waals surface area contributed by atoms with Gasteiger partial charge in [-0.25, -0.2) is 8.42 Å². The highest BCUT2D eigenvalue weighted by atomic mass is 32.2. The predicted molar refractivity (Wildman–Crippen MR) is 75.7 cm³/mol. The molecule has 1 saturated carbocycles. The number of hydrogen-bond donors (Lipinski definition) is 1. The van der Waals surface area contributed by atoms with Crippen LogP contribution in [0.25, 0.3) is 0 Å². The third-order valence-electron chi connectivity index (χ3n) is 4.32. The van der Waals surface area contributed by atoms with E-state index in [1.165, 1.54) is 0 Å². The van der Waals surface area contributed by atoms with E-state index in [4.69, 9.17) is 0 Å². The minimum Gasteiger partial charge on any atom is -0.393 e. The molecule has 0 spiro atoms. The van der Waals surface area contributed by atoms with Gasteiger partial charge in [0.1, 0.15) is 0 Å². The van der Waals surface area contributed by atoms with Gasteiger partial charge in [0.25, 0.3) is 0 Å². The molecule has 1 N–H and O–H groups in total. The second-order valence-corrected chi connectivity index (χ2v) is 7.91. The summed E-state index contributed by atoms with van der Waals surface area (Å²) in [5.41, 5.74) is -0.250. The molecule has 1 aromatic carbocycles. The largest absolute Gasteiger partial charge is 0.393 e. The second-order valence-electron chi connectivity index (χ2n) is 5.80. The Labute approximate surface area is 115 Å². The molecule has 1 fully saturated rings. The number of benzene rings is 1. The molecule has 1 aliphatic carbocycles. The van der Waals surface area contributed by atoms with Crippen molar-refractivity contribution in [1.29, 1.82) is 0 Å². The molecule has 0 aromatic heterocycles. The first-order valence-corrected chi connectivity index (χ1v) is 8.55. The minimum absolute atomic E-state index is 0.116. The van der Waals surface area contributed by atoms with Gasteiger partial charge in [-0.05, 0) is 36.8 Å². The van der Waals surface area contributed by atoms with Gasteiger partial charge >= 0.3 is 0 Å². The van der Waals surface area contributed by atoms with Crippen LogP contribution >= 0.6 is 0 Å². The smallest absolute Gasteiger partial charge is 0.178 e. The fourth-order valence-corrected chi connectivity index (χ4v) is 4.33. The summed E-state index contributed by atoms with van der Waals surface area (Å²) in [7, 11) is -3.23. The third kappa shape index (κ3) is 3.37. The predicted octanol–water partition coefficient (Wildman–Crippen LogP) is 2.79. The normalized spacial score (nSPS) is 28.2. The van der Waals surface area contributed by atoms with Crippen LogP contribution in [0.3, 0.4) is 0 Å². The van der Waals surface area contributed by atoms with Crippen LogP contribution in [0.1, 0.15) is 39.0 Å². The third-order valence-corrected chi connectivity index (χ3v) is 6.06. The van der Waals surface area contributed by atoms with Crippen molar-refractivity contribution in [3.05, 3.63) is 30.3 Å². The summed E-state index contributed by atoms with van der Waals surface area (Å²) in [5.74, 6) is 0.116. The van der Waals surface area contributed by atoms with Gasteiger partial charge in [0.15, 0.2) is 9.84 Å². The Kier molecular flexibility index (Phi) is 4.31. The summed E-state index contributed by atoms with van der Waals surface area (Å²) in [6.45, 7) is 2.01. The number of aliphatic hydroxyl groups is 1. The Morgan fingerprint density at radius 2 is 1.95 bits per heavy atom. The first-order chi connectivity index (χ1) is 8.94. The van der Waals surface area contributed by atoms with E-state index < -0.39 is 9.84 Å². The van der Waals surface area contributed by atoms with Crippen molar-refractivity contribution in [2.24, 2.45) is 5.41 Å². The lowest BCUT2D eigenvalue weighted by molar-refractivity contribution is -0.00124. The minimum atomic E-state index is -3.23. The van der Waals surface area contributed by atoms with Gasteiger partial charge in [-0.1, -0.05) is 38.0 Å². The van der Waals surface area contributed by atoms with E-state index in [-0.39, 0.29) is 17.3 Å². The van der Waals surface area contributed by atoms with E-state index in [9.17, 15) is 13.5 Å². The van der Waals surface area contributed by atoms with Crippen molar-refractivity contribution in [2.75, 3.05) is 5.75 Å². The van der Waals surface area contributed by atoms with E-state index >= 15 is 0 Å². The Balaban J connectivity index is 2.06. The van der Waals surface area contributed by atoms with Crippen molar-refractivity contribution < 1.29 is 13.5 Å². The number of aliphatic hydroxyl groups excluding tert-OH is 1. The van der Waals surface area contributed by atoms with Gasteiger partial charge in [-0.2, -0.15) is 0 Å². The van der Waals surface area contributed by atoms with E-state index in [0.29, 0.717) is 11.3 Å². The lowest BCUT2D eigenvalue weighted by Gasteiger charge is -2.38. The second kappa shape index (κ2) is 5.63. The van der Waals surface area contributed by atoms with Crippen molar-refractivity contribution in [2.45, 2.75) is 50.0 Å². The standard InChI is InChI=1S/C15H22O3S/c1-15(10-6-5-9-14(15)16)11-12-19(17,18)13-7-3-2-4-8-13/h2-4,7-8,14,16H,5-6,9-12H2,1H3/t14-,15+/m0/s1. The maximum absolute atomic E-state index is 12.2. The Bertz CT molecular complexity index is 509. The van der Waals surface area contributed by atoms with E-state index in [0.717, 1.165) is 25.7 Å². The lowest BCUT2D eigenvalue weighted by Crippen LogP contribution is -2.37. The zero-order chi connectivity index (χ0) is 13.9. The topological polar surface area (TPSA) is 54.4 Å². The maximum atomic E-state index is 12.2. The van der Waals surface area contributed by atoms with Crippen molar-refractivity contribution >= 4 is 9.84 Å². The molecule has 0 radical (unpaired) electrons. The Hall–Kier alpha value is -0.870. The van der Waals surface area contributed by atoms with Crippen LogP contribution in [0.2, 0.25) is 0 Å². The number of sulfone groups is 1. The summed E-state index contributed by atoms with van der Waals surface area (Å²) in [4.78, 5) is 0.379. The monoisotopic (exact) mass is 282 g/mol. The van der Waals surface area contributed by atoms with Crippen LogP contribution < -0.4 is 0 Å². The maximum Gasteiger partial charge on any atom is 0.178 e. The molecule has 3 nitrogen and oxygen atoms in total. The van der Waals surface area contributed by atoms with Crippen molar-refractivity contribution in [1.82, 2.24) is 0 Å². The van der Waals surface area contributed by atoms with E-state index in [2.05, 4.69) is 0 Å². The fraction of sp³-hybridized carbons (Fsp3) is 0.600. The molecule has 0 amide bonds. The van der Waals surface area contributed by atoms with Crippen LogP contribution in [0.4, 0.5) is 0 Å². The molecule has 0 heterocycles. The molecular formula is C15H22O3S. The van der Waals surface area contributed by atoms with Gasteiger partial charge in [0.05, 0.1) is 16.8 Å². The molecule has 0 aliphatic heterocycles. The number of hydrogen-bond acceptors (Lipinski definition) is 3. The Morgan fingerprint density at radius 1 is 1.26 bits per heavy atom. The average Bonchev–Trinajstić information content (AvgIpc) is 2.42. The molecule has 4 heteroatoms. The van der Waals surface area contributed by atoms with Crippen molar-refractivity contribution in [3.63, 3.8) is 0 Å². The highest BCUT2D eigenvalue weighted by Gasteiger charge is 2.36. The highest BCUT2D eigenvalue weighted by Crippen LogP contribution is 2.39. The zero-order valence-corrected chi connectivity index (χ0v) is 12.2. The van der Waals surface area contributed by atoms with Crippen LogP contribution in [-0.2, 0) is 9.84 Å². The zero-order valence-electron chi connectivity index (χ0n) is 11.4. The molecule has 1 aromatic rings. The lowest BCUT2D eigenvalue weighted by atomic mass is 9.72. The van der Waals surface area contributed by atoms with Gasteiger partial charge in [0.2, 0.25) is 0 Å². The number of rotatable bonds is 4. The van der Waals surface area contributed by atoms with Crippen molar-refractivity contribution in [3.8, 4) is 0 Å². The van der Waals surface area contributed by atoms with E-state index in [1.54, 1.807) is 24.3 Å². The summed E-state index contributed by atoms with van der Waals surface area (Å²) in [5, 5.41) is 10.1. The quantitative estimate of drug-likeness (QED) is 0.924. The Morgan fingerprint density at radius 3 is 2.58 bits per heavy atom. The molecule has 2 atom stereocenters. The molecule has 0 bridgehead atoms. The summed E-state index contributed by atoms with van der Waals surface area (Å²) < 4.78 is 24.5. The van der Waals surface area contributed by atoms with Gasteiger partial charge in [-0.15, -0.1) is 0 Å². The molecule has 19 heavy (non-hydrogen) atoms. The van der Waals surface area contributed by atoms with Gasteiger partial charge < -0.3 is 5.11 Å². The van der Waals surface area contributed by atoms with Gasteiger partial charge in [0, 0.05) is 0 Å². The molecule has 1 aliphatic rings. The highest BCUT2D eigenvalue weighted by molar-refractivity contribution is 7.91. The molecule has 0 saturated heterocycles. The molecule has 2 rings (SSSR count). The fourth-order valence-electron chi connectivity index (χ4n) is 2.79. The summed E-state index contributed by atoms with van der Waals surface area (Å²) in [6, 6.07) is 8.56.